The van der Waals surface area contributed by atoms with Crippen molar-refractivity contribution in [3.8, 4) is 16.9 Å². The van der Waals surface area contributed by atoms with Gasteiger partial charge >= 0.3 is 0 Å². The number of halogens is 2. The van der Waals surface area contributed by atoms with Crippen LogP contribution in [0.15, 0.2) is 60.7 Å². The largest absolute Gasteiger partial charge is 0.494 e. The molecule has 144 valence electrons. The van der Waals surface area contributed by atoms with Crippen LogP contribution in [-0.2, 0) is 6.61 Å². The first-order valence-corrected chi connectivity index (χ1v) is 8.76. The lowest BCUT2D eigenvalue weighted by Gasteiger charge is -2.12. The van der Waals surface area contributed by atoms with Gasteiger partial charge in [-0.15, -0.1) is 0 Å². The van der Waals surface area contributed by atoms with Gasteiger partial charge in [0.25, 0.3) is 5.91 Å². The number of rotatable bonds is 6. The Hall–Kier alpha value is -3.25. The van der Waals surface area contributed by atoms with E-state index in [4.69, 9.17) is 4.74 Å². The fourth-order valence-corrected chi connectivity index (χ4v) is 2.85. The van der Waals surface area contributed by atoms with Gasteiger partial charge in [-0.1, -0.05) is 30.3 Å². The molecule has 0 spiro atoms. The number of carbonyl (C=O) groups excluding carboxylic acids is 1. The van der Waals surface area contributed by atoms with E-state index >= 15 is 0 Å². The molecule has 0 saturated heterocycles. The second-order valence-corrected chi connectivity index (χ2v) is 6.05. The average molecular weight is 383 g/mol. The highest BCUT2D eigenvalue weighted by molar-refractivity contribution is 6.05. The van der Waals surface area contributed by atoms with Crippen LogP contribution in [0.1, 0.15) is 22.8 Å². The summed E-state index contributed by atoms with van der Waals surface area (Å²) in [6.45, 7) is 1.97. The van der Waals surface area contributed by atoms with Gasteiger partial charge in [0, 0.05) is 5.56 Å². The molecule has 0 unspecified atom stereocenters. The SMILES string of the molecule is CCOc1cccc(-c2cc(F)c(NC(=O)c3ccccc3CO)c(F)c2)c1. The minimum Gasteiger partial charge on any atom is -0.494 e. The fraction of sp³-hybridized carbons (Fsp3) is 0.136. The third-order valence-electron chi connectivity index (χ3n) is 4.19. The number of aliphatic hydroxyl groups is 1. The van der Waals surface area contributed by atoms with Crippen molar-refractivity contribution in [2.45, 2.75) is 13.5 Å². The third-order valence-corrected chi connectivity index (χ3v) is 4.19. The molecule has 3 aromatic rings. The van der Waals surface area contributed by atoms with E-state index in [2.05, 4.69) is 5.32 Å². The second kappa shape index (κ2) is 8.63. The van der Waals surface area contributed by atoms with Crippen LogP contribution in [0.3, 0.4) is 0 Å². The Morgan fingerprint density at radius 1 is 1.00 bits per heavy atom. The summed E-state index contributed by atoms with van der Waals surface area (Å²) in [7, 11) is 0. The van der Waals surface area contributed by atoms with E-state index in [-0.39, 0.29) is 12.2 Å². The van der Waals surface area contributed by atoms with E-state index in [1.807, 2.05) is 6.92 Å². The molecule has 0 saturated carbocycles. The van der Waals surface area contributed by atoms with Crippen LogP contribution in [0.5, 0.6) is 5.75 Å². The number of aliphatic hydroxyl groups excluding tert-OH is 1. The molecule has 6 heteroatoms. The third kappa shape index (κ3) is 4.18. The maximum absolute atomic E-state index is 14.6. The number of ether oxygens (including phenoxy) is 1. The number of hydrogen-bond acceptors (Lipinski definition) is 3. The van der Waals surface area contributed by atoms with Gasteiger partial charge in [-0.05, 0) is 53.9 Å². The lowest BCUT2D eigenvalue weighted by Crippen LogP contribution is -2.16. The van der Waals surface area contributed by atoms with E-state index in [9.17, 15) is 18.7 Å². The number of hydrogen-bond donors (Lipinski definition) is 2. The second-order valence-electron chi connectivity index (χ2n) is 6.05. The van der Waals surface area contributed by atoms with Crippen LogP contribution < -0.4 is 10.1 Å². The van der Waals surface area contributed by atoms with E-state index < -0.39 is 23.2 Å². The minimum atomic E-state index is -0.897. The van der Waals surface area contributed by atoms with Crippen LogP contribution in [-0.4, -0.2) is 17.6 Å². The highest BCUT2D eigenvalue weighted by Gasteiger charge is 2.17. The van der Waals surface area contributed by atoms with E-state index in [0.717, 1.165) is 12.1 Å². The van der Waals surface area contributed by atoms with Crippen LogP contribution in [0.4, 0.5) is 14.5 Å². The van der Waals surface area contributed by atoms with E-state index in [1.54, 1.807) is 42.5 Å². The van der Waals surface area contributed by atoms with Crippen molar-refractivity contribution >= 4 is 11.6 Å². The lowest BCUT2D eigenvalue weighted by atomic mass is 10.0. The van der Waals surface area contributed by atoms with Gasteiger partial charge in [-0.3, -0.25) is 4.79 Å². The van der Waals surface area contributed by atoms with Crippen molar-refractivity contribution in [1.82, 2.24) is 0 Å². The zero-order chi connectivity index (χ0) is 20.1. The molecular weight excluding hydrogens is 364 g/mol. The molecule has 3 aromatic carbocycles. The van der Waals surface area contributed by atoms with Gasteiger partial charge < -0.3 is 15.2 Å². The van der Waals surface area contributed by atoms with Gasteiger partial charge in [0.2, 0.25) is 0 Å². The first kappa shape index (κ1) is 19.5. The van der Waals surface area contributed by atoms with Crippen molar-refractivity contribution < 1.29 is 23.4 Å². The Kier molecular flexibility index (Phi) is 6.01. The molecule has 0 aliphatic heterocycles. The fourth-order valence-electron chi connectivity index (χ4n) is 2.85. The van der Waals surface area contributed by atoms with Crippen LogP contribution in [0.25, 0.3) is 11.1 Å². The number of carbonyl (C=O) groups is 1. The van der Waals surface area contributed by atoms with Crippen LogP contribution in [0, 0.1) is 11.6 Å². The lowest BCUT2D eigenvalue weighted by molar-refractivity contribution is 0.102. The quantitative estimate of drug-likeness (QED) is 0.644. The summed E-state index contributed by atoms with van der Waals surface area (Å²) >= 11 is 0. The van der Waals surface area contributed by atoms with Gasteiger partial charge in [-0.2, -0.15) is 0 Å². The molecule has 0 aliphatic rings. The van der Waals surface area contributed by atoms with Gasteiger partial charge in [0.1, 0.15) is 23.1 Å². The van der Waals surface area contributed by atoms with Gasteiger partial charge in [0.15, 0.2) is 0 Å². The molecule has 0 radical (unpaired) electrons. The van der Waals surface area contributed by atoms with Crippen molar-refractivity contribution in [3.63, 3.8) is 0 Å². The van der Waals surface area contributed by atoms with Crippen molar-refractivity contribution in [1.29, 1.82) is 0 Å². The van der Waals surface area contributed by atoms with E-state index in [1.165, 1.54) is 6.07 Å². The minimum absolute atomic E-state index is 0.150. The zero-order valence-electron chi connectivity index (χ0n) is 15.2. The molecule has 0 aromatic heterocycles. The molecule has 0 aliphatic carbocycles. The van der Waals surface area contributed by atoms with E-state index in [0.29, 0.717) is 29.0 Å². The summed E-state index contributed by atoms with van der Waals surface area (Å²) in [5.74, 6) is -1.90. The van der Waals surface area contributed by atoms with Crippen molar-refractivity contribution in [2.24, 2.45) is 0 Å². The van der Waals surface area contributed by atoms with Gasteiger partial charge in [-0.25, -0.2) is 8.78 Å². The molecule has 28 heavy (non-hydrogen) atoms. The predicted octanol–water partition coefficient (Wildman–Crippen LogP) is 4.78. The molecule has 0 heterocycles. The summed E-state index contributed by atoms with van der Waals surface area (Å²) in [4.78, 5) is 12.4. The van der Waals surface area contributed by atoms with Crippen LogP contribution in [0.2, 0.25) is 0 Å². The summed E-state index contributed by atoms with van der Waals surface area (Å²) < 4.78 is 34.5. The topological polar surface area (TPSA) is 58.6 Å². The standard InChI is InChI=1S/C22H19F2NO3/c1-2-28-17-8-5-7-14(10-17)16-11-19(23)21(20(24)12-16)25-22(27)18-9-4-3-6-15(18)13-26/h3-12,26H,2,13H2,1H3,(H,25,27). The molecular formula is C22H19F2NO3. The highest BCUT2D eigenvalue weighted by Crippen LogP contribution is 2.30. The number of benzene rings is 3. The number of nitrogens with one attached hydrogen (secondary N) is 1. The summed E-state index contributed by atoms with van der Waals surface area (Å²) in [5.41, 5.74) is 0.891. The molecule has 2 N–H and O–H groups in total. The Labute approximate surface area is 161 Å². The molecule has 0 bridgehead atoms. The Balaban J connectivity index is 1.90. The normalized spacial score (nSPS) is 10.6. The predicted molar refractivity (Wildman–Crippen MR) is 103 cm³/mol. The first-order chi connectivity index (χ1) is 13.5. The Bertz CT molecular complexity index is 982. The summed E-state index contributed by atoms with van der Waals surface area (Å²) in [5, 5.41) is 11.6. The number of amides is 1. The molecule has 0 fully saturated rings. The molecule has 3 rings (SSSR count). The van der Waals surface area contributed by atoms with Crippen LogP contribution >= 0.6 is 0 Å². The summed E-state index contributed by atoms with van der Waals surface area (Å²) in [6.07, 6.45) is 0. The van der Waals surface area contributed by atoms with Gasteiger partial charge in [0.05, 0.1) is 13.2 Å². The van der Waals surface area contributed by atoms with Crippen molar-refractivity contribution in [3.05, 3.63) is 83.4 Å². The maximum Gasteiger partial charge on any atom is 0.256 e. The van der Waals surface area contributed by atoms with Crippen molar-refractivity contribution in [2.75, 3.05) is 11.9 Å². The smallest absolute Gasteiger partial charge is 0.256 e. The zero-order valence-corrected chi connectivity index (χ0v) is 15.2. The Morgan fingerprint density at radius 3 is 2.39 bits per heavy atom. The number of anilines is 1. The monoisotopic (exact) mass is 383 g/mol. The first-order valence-electron chi connectivity index (χ1n) is 8.76. The molecule has 1 amide bonds. The molecule has 4 nitrogen and oxygen atoms in total. The maximum atomic E-state index is 14.6. The highest BCUT2D eigenvalue weighted by atomic mass is 19.1. The average Bonchev–Trinajstić information content (AvgIpc) is 2.70. The Morgan fingerprint density at radius 2 is 1.71 bits per heavy atom. The molecule has 0 atom stereocenters. The summed E-state index contributed by atoms with van der Waals surface area (Å²) in [6, 6.07) is 15.5.